The minimum atomic E-state index is -0.0718. The van der Waals surface area contributed by atoms with Crippen LogP contribution in [0.15, 0.2) is 35.7 Å². The Labute approximate surface area is 162 Å². The molecule has 2 heterocycles. The normalized spacial score (nSPS) is 14.4. The molecular weight excluding hydrogens is 372 g/mol. The fourth-order valence-electron chi connectivity index (χ4n) is 2.87. The molecule has 138 valence electrons. The molecule has 0 bridgehead atoms. The molecule has 2 amide bonds. The van der Waals surface area contributed by atoms with Gasteiger partial charge in [-0.15, -0.1) is 11.3 Å². The summed E-state index contributed by atoms with van der Waals surface area (Å²) in [6, 6.07) is 8.92. The Morgan fingerprint density at radius 2 is 1.73 bits per heavy atom. The summed E-state index contributed by atoms with van der Waals surface area (Å²) in [6.07, 6.45) is 0.852. The molecule has 0 saturated carbocycles. The number of rotatable bonds is 5. The third-order valence-electron chi connectivity index (χ3n) is 4.42. The molecule has 0 spiro atoms. The van der Waals surface area contributed by atoms with Gasteiger partial charge in [0.2, 0.25) is 0 Å². The summed E-state index contributed by atoms with van der Waals surface area (Å²) in [5, 5.41) is 2.58. The zero-order chi connectivity index (χ0) is 18.5. The van der Waals surface area contributed by atoms with Crippen molar-refractivity contribution in [3.63, 3.8) is 0 Å². The number of hydrogen-bond donors (Lipinski definition) is 0. The fourth-order valence-corrected chi connectivity index (χ4v) is 3.96. The van der Waals surface area contributed by atoms with E-state index in [-0.39, 0.29) is 18.4 Å². The second kappa shape index (κ2) is 8.56. The molecule has 1 aliphatic rings. The van der Waals surface area contributed by atoms with Gasteiger partial charge in [-0.2, -0.15) is 0 Å². The number of benzene rings is 1. The van der Waals surface area contributed by atoms with Gasteiger partial charge in [0.25, 0.3) is 11.8 Å². The Hall–Kier alpha value is -2.05. The van der Waals surface area contributed by atoms with E-state index in [2.05, 4.69) is 6.92 Å². The molecule has 2 aromatic rings. The van der Waals surface area contributed by atoms with Crippen LogP contribution in [-0.4, -0.2) is 54.4 Å². The topological polar surface area (TPSA) is 49.9 Å². The zero-order valence-electron chi connectivity index (χ0n) is 14.6. The van der Waals surface area contributed by atoms with Crippen molar-refractivity contribution in [3.05, 3.63) is 51.2 Å². The lowest BCUT2D eigenvalue weighted by Crippen LogP contribution is -2.51. The van der Waals surface area contributed by atoms with Crippen molar-refractivity contribution >= 4 is 34.8 Å². The van der Waals surface area contributed by atoms with Crippen LogP contribution in [0.1, 0.15) is 22.2 Å². The lowest BCUT2D eigenvalue weighted by molar-refractivity contribution is -0.134. The van der Waals surface area contributed by atoms with Crippen molar-refractivity contribution in [2.24, 2.45) is 0 Å². The van der Waals surface area contributed by atoms with Crippen molar-refractivity contribution < 1.29 is 14.3 Å². The average molecular weight is 393 g/mol. The van der Waals surface area contributed by atoms with E-state index < -0.39 is 0 Å². The van der Waals surface area contributed by atoms with Gasteiger partial charge >= 0.3 is 0 Å². The van der Waals surface area contributed by atoms with Crippen LogP contribution in [-0.2, 0) is 11.2 Å². The van der Waals surface area contributed by atoms with Crippen LogP contribution in [0.25, 0.3) is 0 Å². The number of piperazine rings is 1. The highest BCUT2D eigenvalue weighted by Crippen LogP contribution is 2.20. The van der Waals surface area contributed by atoms with E-state index >= 15 is 0 Å². The monoisotopic (exact) mass is 392 g/mol. The van der Waals surface area contributed by atoms with Gasteiger partial charge in [0.15, 0.2) is 6.61 Å². The zero-order valence-corrected chi connectivity index (χ0v) is 16.2. The van der Waals surface area contributed by atoms with E-state index in [9.17, 15) is 9.59 Å². The lowest BCUT2D eigenvalue weighted by Gasteiger charge is -2.34. The second-order valence-corrected chi connectivity index (χ2v) is 7.40. The highest BCUT2D eigenvalue weighted by atomic mass is 35.5. The Morgan fingerprint density at radius 1 is 1.08 bits per heavy atom. The molecule has 0 aliphatic carbocycles. The standard InChI is InChI=1S/C19H21ClN2O3S/c1-2-14-7-12-26-18(14)19(24)22-10-8-21(9-11-22)17(23)13-25-16-5-3-15(20)4-6-16/h3-7,12H,2,8-11,13H2,1H3. The molecule has 1 aliphatic heterocycles. The fraction of sp³-hybridized carbons (Fsp3) is 0.368. The van der Waals surface area contributed by atoms with E-state index in [0.717, 1.165) is 16.9 Å². The van der Waals surface area contributed by atoms with Crippen LogP contribution >= 0.6 is 22.9 Å². The Kier molecular flexibility index (Phi) is 6.16. The summed E-state index contributed by atoms with van der Waals surface area (Å²) in [5.74, 6) is 0.611. The highest BCUT2D eigenvalue weighted by molar-refractivity contribution is 7.12. The van der Waals surface area contributed by atoms with Gasteiger partial charge in [-0.3, -0.25) is 9.59 Å². The number of amides is 2. The first-order chi connectivity index (χ1) is 12.6. The molecular formula is C19H21ClN2O3S. The molecule has 0 unspecified atom stereocenters. The van der Waals surface area contributed by atoms with Crippen LogP contribution in [0.4, 0.5) is 0 Å². The van der Waals surface area contributed by atoms with Crippen molar-refractivity contribution in [1.29, 1.82) is 0 Å². The van der Waals surface area contributed by atoms with E-state index in [0.29, 0.717) is 37.0 Å². The molecule has 26 heavy (non-hydrogen) atoms. The SMILES string of the molecule is CCc1ccsc1C(=O)N1CCN(C(=O)COc2ccc(Cl)cc2)CC1. The summed E-state index contributed by atoms with van der Waals surface area (Å²) >= 11 is 7.32. The van der Waals surface area contributed by atoms with E-state index in [4.69, 9.17) is 16.3 Å². The average Bonchev–Trinajstić information content (AvgIpc) is 3.15. The highest BCUT2D eigenvalue weighted by Gasteiger charge is 2.26. The van der Waals surface area contributed by atoms with Crippen molar-refractivity contribution in [3.8, 4) is 5.75 Å². The maximum Gasteiger partial charge on any atom is 0.264 e. The van der Waals surface area contributed by atoms with Gasteiger partial charge in [0.1, 0.15) is 5.75 Å². The number of carbonyl (C=O) groups excluding carboxylic acids is 2. The minimum absolute atomic E-state index is 0.0134. The Balaban J connectivity index is 1.49. The molecule has 1 saturated heterocycles. The smallest absolute Gasteiger partial charge is 0.264 e. The number of nitrogens with zero attached hydrogens (tertiary/aromatic N) is 2. The van der Waals surface area contributed by atoms with Crippen LogP contribution in [0.5, 0.6) is 5.75 Å². The number of hydrogen-bond acceptors (Lipinski definition) is 4. The van der Waals surface area contributed by atoms with Crippen LogP contribution in [0.2, 0.25) is 5.02 Å². The first-order valence-electron chi connectivity index (χ1n) is 8.60. The van der Waals surface area contributed by atoms with Gasteiger partial charge in [-0.1, -0.05) is 18.5 Å². The largest absolute Gasteiger partial charge is 0.484 e. The molecule has 0 N–H and O–H groups in total. The molecule has 7 heteroatoms. The van der Waals surface area contributed by atoms with Crippen LogP contribution in [0, 0.1) is 0 Å². The Bertz CT molecular complexity index is 767. The number of aryl methyl sites for hydroxylation is 1. The summed E-state index contributed by atoms with van der Waals surface area (Å²) in [6.45, 7) is 4.19. The van der Waals surface area contributed by atoms with E-state index in [1.807, 2.05) is 16.3 Å². The first-order valence-corrected chi connectivity index (χ1v) is 9.86. The number of thiophene rings is 1. The van der Waals surface area contributed by atoms with Crippen molar-refractivity contribution in [2.45, 2.75) is 13.3 Å². The predicted molar refractivity (Wildman–Crippen MR) is 103 cm³/mol. The van der Waals surface area contributed by atoms with Gasteiger partial charge in [0, 0.05) is 31.2 Å². The number of ether oxygens (including phenoxy) is 1. The molecule has 1 aromatic heterocycles. The van der Waals surface area contributed by atoms with Crippen molar-refractivity contribution in [1.82, 2.24) is 9.80 Å². The summed E-state index contributed by atoms with van der Waals surface area (Å²) in [7, 11) is 0. The maximum absolute atomic E-state index is 12.7. The maximum atomic E-state index is 12.7. The third-order valence-corrected chi connectivity index (χ3v) is 5.61. The van der Waals surface area contributed by atoms with Gasteiger partial charge in [-0.25, -0.2) is 0 Å². The van der Waals surface area contributed by atoms with E-state index in [1.54, 1.807) is 29.2 Å². The number of halogens is 1. The number of carbonyl (C=O) groups is 2. The molecule has 0 radical (unpaired) electrons. The summed E-state index contributed by atoms with van der Waals surface area (Å²) in [5.41, 5.74) is 1.09. The quantitative estimate of drug-likeness (QED) is 0.784. The predicted octanol–water partition coefficient (Wildman–Crippen LogP) is 3.33. The van der Waals surface area contributed by atoms with Gasteiger partial charge < -0.3 is 14.5 Å². The Morgan fingerprint density at radius 3 is 2.38 bits per heavy atom. The molecule has 1 aromatic carbocycles. The lowest BCUT2D eigenvalue weighted by atomic mass is 10.2. The summed E-state index contributed by atoms with van der Waals surface area (Å²) in [4.78, 5) is 29.4. The van der Waals surface area contributed by atoms with Crippen LogP contribution < -0.4 is 4.74 Å². The minimum Gasteiger partial charge on any atom is -0.484 e. The van der Waals surface area contributed by atoms with E-state index in [1.165, 1.54) is 11.3 Å². The second-order valence-electron chi connectivity index (χ2n) is 6.04. The summed E-state index contributed by atoms with van der Waals surface area (Å²) < 4.78 is 5.51. The molecule has 1 fully saturated rings. The van der Waals surface area contributed by atoms with Crippen molar-refractivity contribution in [2.75, 3.05) is 32.8 Å². The molecule has 0 atom stereocenters. The first kappa shape index (κ1) is 18.7. The molecule has 5 nitrogen and oxygen atoms in total. The third kappa shape index (κ3) is 4.37. The van der Waals surface area contributed by atoms with Crippen LogP contribution in [0.3, 0.4) is 0 Å². The van der Waals surface area contributed by atoms with Gasteiger partial charge in [0.05, 0.1) is 4.88 Å². The van der Waals surface area contributed by atoms with Gasteiger partial charge in [-0.05, 0) is 47.7 Å². The molecule has 3 rings (SSSR count).